The zero-order valence-electron chi connectivity index (χ0n) is 15.0. The molecule has 0 radical (unpaired) electrons. The van der Waals surface area contributed by atoms with Crippen LogP contribution in [-0.2, 0) is 0 Å². The lowest BCUT2D eigenvalue weighted by molar-refractivity contribution is 0.0948. The number of carbonyl (C=O) groups is 1. The predicted octanol–water partition coefficient (Wildman–Crippen LogP) is 2.90. The van der Waals surface area contributed by atoms with Crippen LogP contribution in [0.2, 0.25) is 0 Å². The lowest BCUT2D eigenvalue weighted by atomic mass is 10.3. The summed E-state index contributed by atoms with van der Waals surface area (Å²) in [5.74, 6) is -0.317. The summed E-state index contributed by atoms with van der Waals surface area (Å²) in [6.45, 7) is 3.75. The number of benzene rings is 1. The molecule has 3 aromatic heterocycles. The summed E-state index contributed by atoms with van der Waals surface area (Å²) in [6.07, 6.45) is 5.28. The summed E-state index contributed by atoms with van der Waals surface area (Å²) in [6, 6.07) is 15.4. The Labute approximate surface area is 156 Å². The molecule has 0 atom stereocenters. The number of nitrogens with one attached hydrogen (secondary N) is 1. The fourth-order valence-electron chi connectivity index (χ4n) is 2.91. The number of aryl methyl sites for hydroxylation is 2. The molecule has 7 nitrogen and oxygen atoms in total. The van der Waals surface area contributed by atoms with E-state index in [1.807, 2.05) is 61.7 Å². The first kappa shape index (κ1) is 16.7. The van der Waals surface area contributed by atoms with Crippen LogP contribution in [0.5, 0.6) is 0 Å². The molecular formula is C20H18N6O. The minimum Gasteiger partial charge on any atom is -0.295 e. The van der Waals surface area contributed by atoms with Crippen molar-refractivity contribution in [3.63, 3.8) is 0 Å². The second-order valence-corrected chi connectivity index (χ2v) is 6.15. The maximum atomic E-state index is 12.5. The predicted molar refractivity (Wildman–Crippen MR) is 103 cm³/mol. The summed E-state index contributed by atoms with van der Waals surface area (Å²) in [4.78, 5) is 16.9. The molecule has 4 aromatic rings. The third-order valence-electron chi connectivity index (χ3n) is 4.23. The quantitative estimate of drug-likeness (QED) is 0.450. The van der Waals surface area contributed by atoms with Gasteiger partial charge in [-0.05, 0) is 43.7 Å². The van der Waals surface area contributed by atoms with Crippen LogP contribution in [0.15, 0.2) is 66.0 Å². The molecule has 0 aliphatic rings. The lowest BCUT2D eigenvalue weighted by Gasteiger charge is -2.01. The van der Waals surface area contributed by atoms with E-state index in [1.54, 1.807) is 28.4 Å². The first-order chi connectivity index (χ1) is 13.1. The van der Waals surface area contributed by atoms with Gasteiger partial charge in [0.1, 0.15) is 17.0 Å². The molecule has 0 fully saturated rings. The highest BCUT2D eigenvalue weighted by molar-refractivity contribution is 5.95. The normalized spacial score (nSPS) is 11.3. The van der Waals surface area contributed by atoms with Crippen molar-refractivity contribution in [3.8, 4) is 5.69 Å². The maximum Gasteiger partial charge on any atom is 0.290 e. The number of para-hydroxylation sites is 1. The number of pyridine rings is 1. The number of nitrogens with zero attached hydrogens (tertiary/aromatic N) is 5. The second-order valence-electron chi connectivity index (χ2n) is 6.15. The lowest BCUT2D eigenvalue weighted by Crippen LogP contribution is -2.20. The van der Waals surface area contributed by atoms with E-state index in [-0.39, 0.29) is 5.91 Å². The monoisotopic (exact) mass is 358 g/mol. The van der Waals surface area contributed by atoms with E-state index < -0.39 is 0 Å². The van der Waals surface area contributed by atoms with E-state index in [0.717, 1.165) is 16.9 Å². The van der Waals surface area contributed by atoms with Crippen LogP contribution in [-0.4, -0.2) is 31.3 Å². The average Bonchev–Trinajstić information content (AvgIpc) is 3.21. The third-order valence-corrected chi connectivity index (χ3v) is 4.23. The number of fused-ring (bicyclic) bond motifs is 1. The number of hydrogen-bond donors (Lipinski definition) is 1. The van der Waals surface area contributed by atoms with Crippen LogP contribution in [0, 0.1) is 13.8 Å². The number of hydrogen-bond acceptors (Lipinski definition) is 4. The zero-order valence-corrected chi connectivity index (χ0v) is 15.0. The molecule has 1 aromatic carbocycles. The van der Waals surface area contributed by atoms with Crippen LogP contribution in [0.25, 0.3) is 11.3 Å². The summed E-state index contributed by atoms with van der Waals surface area (Å²) in [5.41, 5.74) is 7.02. The van der Waals surface area contributed by atoms with E-state index in [0.29, 0.717) is 17.1 Å². The molecule has 0 bridgehead atoms. The molecular weight excluding hydrogens is 340 g/mol. The molecule has 134 valence electrons. The Kier molecular flexibility index (Phi) is 4.25. The highest BCUT2D eigenvalue weighted by Crippen LogP contribution is 2.12. The summed E-state index contributed by atoms with van der Waals surface area (Å²) >= 11 is 0. The van der Waals surface area contributed by atoms with Gasteiger partial charge < -0.3 is 0 Å². The van der Waals surface area contributed by atoms with Gasteiger partial charge in [0.05, 0.1) is 17.6 Å². The molecule has 0 aliphatic carbocycles. The molecule has 0 unspecified atom stereocenters. The minimum absolute atomic E-state index is 0.317. The van der Waals surface area contributed by atoms with Gasteiger partial charge in [-0.15, -0.1) is 0 Å². The standard InChI is InChI=1S/C20H18N6O/c1-14-13-26(16-8-4-3-5-9-16)24-17(14)12-21-23-20(27)19-15(2)22-18-10-6-7-11-25(18)19/h3-13H,1-2H3,(H,23,27)/b21-12+. The smallest absolute Gasteiger partial charge is 0.290 e. The van der Waals surface area contributed by atoms with Gasteiger partial charge in [0.25, 0.3) is 5.91 Å². The van der Waals surface area contributed by atoms with E-state index in [2.05, 4.69) is 20.6 Å². The highest BCUT2D eigenvalue weighted by Gasteiger charge is 2.15. The Morgan fingerprint density at radius 3 is 2.70 bits per heavy atom. The Bertz CT molecular complexity index is 1140. The molecule has 4 rings (SSSR count). The van der Waals surface area contributed by atoms with E-state index >= 15 is 0 Å². The van der Waals surface area contributed by atoms with Crippen molar-refractivity contribution in [2.24, 2.45) is 5.10 Å². The number of rotatable bonds is 4. The van der Waals surface area contributed by atoms with Crippen LogP contribution in [0.3, 0.4) is 0 Å². The van der Waals surface area contributed by atoms with Crippen molar-refractivity contribution in [2.75, 3.05) is 0 Å². The number of aromatic nitrogens is 4. The van der Waals surface area contributed by atoms with Gasteiger partial charge in [-0.1, -0.05) is 24.3 Å². The fourth-order valence-corrected chi connectivity index (χ4v) is 2.91. The molecule has 0 spiro atoms. The molecule has 0 saturated carbocycles. The largest absolute Gasteiger partial charge is 0.295 e. The zero-order chi connectivity index (χ0) is 18.8. The molecule has 0 saturated heterocycles. The maximum absolute atomic E-state index is 12.5. The molecule has 0 aliphatic heterocycles. The summed E-state index contributed by atoms with van der Waals surface area (Å²) < 4.78 is 3.53. The SMILES string of the molecule is Cc1cn(-c2ccccc2)nc1/C=N/NC(=O)c1c(C)nc2ccccn12. The molecule has 7 heteroatoms. The van der Waals surface area contributed by atoms with Gasteiger partial charge in [-0.2, -0.15) is 10.2 Å². The van der Waals surface area contributed by atoms with E-state index in [9.17, 15) is 4.79 Å². The first-order valence-electron chi connectivity index (χ1n) is 8.52. The Hall–Kier alpha value is -3.74. The minimum atomic E-state index is -0.317. The van der Waals surface area contributed by atoms with E-state index in [4.69, 9.17) is 0 Å². The second kappa shape index (κ2) is 6.87. The van der Waals surface area contributed by atoms with Gasteiger partial charge in [0, 0.05) is 12.4 Å². The number of carbonyl (C=O) groups excluding carboxylic acids is 1. The average molecular weight is 358 g/mol. The molecule has 1 N–H and O–H groups in total. The van der Waals surface area contributed by atoms with Crippen molar-refractivity contribution in [1.82, 2.24) is 24.6 Å². The third kappa shape index (κ3) is 3.22. The first-order valence-corrected chi connectivity index (χ1v) is 8.52. The molecule has 1 amide bonds. The van der Waals surface area contributed by atoms with Crippen LogP contribution in [0.1, 0.15) is 27.4 Å². The number of imidazole rings is 1. The van der Waals surface area contributed by atoms with Crippen molar-refractivity contribution in [2.45, 2.75) is 13.8 Å². The van der Waals surface area contributed by atoms with E-state index in [1.165, 1.54) is 0 Å². The topological polar surface area (TPSA) is 76.6 Å². The molecule has 3 heterocycles. The van der Waals surface area contributed by atoms with Crippen LogP contribution >= 0.6 is 0 Å². The molecule has 27 heavy (non-hydrogen) atoms. The van der Waals surface area contributed by atoms with Crippen molar-refractivity contribution in [3.05, 3.63) is 83.6 Å². The van der Waals surface area contributed by atoms with Crippen LogP contribution < -0.4 is 5.43 Å². The van der Waals surface area contributed by atoms with Gasteiger partial charge in [0.15, 0.2) is 0 Å². The summed E-state index contributed by atoms with van der Waals surface area (Å²) in [7, 11) is 0. The van der Waals surface area contributed by atoms with Crippen molar-refractivity contribution in [1.29, 1.82) is 0 Å². The number of amides is 1. The van der Waals surface area contributed by atoms with Crippen LogP contribution in [0.4, 0.5) is 0 Å². The van der Waals surface area contributed by atoms with Gasteiger partial charge in [0.2, 0.25) is 0 Å². The highest BCUT2D eigenvalue weighted by atomic mass is 16.2. The van der Waals surface area contributed by atoms with Gasteiger partial charge >= 0.3 is 0 Å². The summed E-state index contributed by atoms with van der Waals surface area (Å²) in [5, 5.41) is 8.58. The number of hydrazone groups is 1. The Balaban J connectivity index is 1.53. The fraction of sp³-hybridized carbons (Fsp3) is 0.100. The van der Waals surface area contributed by atoms with Gasteiger partial charge in [-0.3, -0.25) is 9.20 Å². The van der Waals surface area contributed by atoms with Crippen molar-refractivity contribution >= 4 is 17.8 Å². The Morgan fingerprint density at radius 2 is 1.89 bits per heavy atom. The van der Waals surface area contributed by atoms with Crippen molar-refractivity contribution < 1.29 is 4.79 Å². The Morgan fingerprint density at radius 1 is 1.11 bits per heavy atom. The van der Waals surface area contributed by atoms with Gasteiger partial charge in [-0.25, -0.2) is 15.1 Å².